The monoisotopic (exact) mass is 211 g/mol. The van der Waals surface area contributed by atoms with E-state index in [1.54, 1.807) is 12.1 Å². The van der Waals surface area contributed by atoms with Gasteiger partial charge in [0.1, 0.15) is 0 Å². The minimum atomic E-state index is -1.71. The minimum Gasteiger partial charge on any atom is -0.502 e. The van der Waals surface area contributed by atoms with Crippen LogP contribution in [-0.2, 0) is 0 Å². The fourth-order valence-electron chi connectivity index (χ4n) is 1.28. The number of rotatable bonds is 2. The Morgan fingerprint density at radius 3 is 2.36 bits per heavy atom. The Bertz CT molecular complexity index is 371. The summed E-state index contributed by atoms with van der Waals surface area (Å²) in [7, 11) is -1.71. The van der Waals surface area contributed by atoms with Crippen molar-refractivity contribution >= 4 is 18.9 Å². The zero-order valence-electron chi connectivity index (χ0n) is 8.44. The van der Waals surface area contributed by atoms with E-state index in [-0.39, 0.29) is 11.4 Å². The Morgan fingerprint density at radius 1 is 1.36 bits per heavy atom. The Kier molecular flexibility index (Phi) is 2.61. The molecule has 76 valence electrons. The first-order valence-corrected chi connectivity index (χ1v) is 7.81. The van der Waals surface area contributed by atoms with Gasteiger partial charge >= 0.3 is 5.69 Å². The van der Waals surface area contributed by atoms with Crippen LogP contribution in [0.1, 0.15) is 0 Å². The molecule has 14 heavy (non-hydrogen) atoms. The minimum absolute atomic E-state index is 0.170. The Morgan fingerprint density at radius 2 is 1.93 bits per heavy atom. The van der Waals surface area contributed by atoms with Gasteiger partial charge in [-0.1, -0.05) is 31.8 Å². The Hall–Kier alpha value is -1.36. The first-order valence-electron chi connectivity index (χ1n) is 4.31. The van der Waals surface area contributed by atoms with Crippen LogP contribution in [0.4, 0.5) is 5.69 Å². The lowest BCUT2D eigenvalue weighted by molar-refractivity contribution is -0.385. The molecule has 0 aliphatic rings. The number of nitro groups is 1. The molecule has 0 bridgehead atoms. The van der Waals surface area contributed by atoms with Crippen LogP contribution >= 0.6 is 0 Å². The van der Waals surface area contributed by atoms with Crippen LogP contribution in [0.2, 0.25) is 19.6 Å². The molecule has 0 amide bonds. The maximum atomic E-state index is 10.6. The number of para-hydroxylation sites is 1. The lowest BCUT2D eigenvalue weighted by atomic mass is 10.3. The number of nitro benzene ring substituents is 1. The van der Waals surface area contributed by atoms with Gasteiger partial charge in [0, 0.05) is 6.07 Å². The van der Waals surface area contributed by atoms with E-state index in [0.29, 0.717) is 0 Å². The van der Waals surface area contributed by atoms with Crippen molar-refractivity contribution < 1.29 is 10.0 Å². The number of benzene rings is 1. The van der Waals surface area contributed by atoms with E-state index in [2.05, 4.69) is 0 Å². The van der Waals surface area contributed by atoms with Gasteiger partial charge in [0.05, 0.1) is 13.0 Å². The number of nitrogens with zero attached hydrogens (tertiary/aromatic N) is 1. The number of phenols is 1. The standard InChI is InChI=1S/C9H13NO3Si/c1-14(2,3)8-6-4-5-7(9(8)11)10(12)13/h4-6,11H,1-3H3. The smallest absolute Gasteiger partial charge is 0.310 e. The molecule has 0 fully saturated rings. The van der Waals surface area contributed by atoms with Crippen LogP contribution in [0.15, 0.2) is 18.2 Å². The second-order valence-corrected chi connectivity index (χ2v) is 9.22. The van der Waals surface area contributed by atoms with Gasteiger partial charge in [-0.05, 0) is 5.19 Å². The third-order valence-corrected chi connectivity index (χ3v) is 4.04. The fourth-order valence-corrected chi connectivity index (χ4v) is 2.72. The fraction of sp³-hybridized carbons (Fsp3) is 0.333. The molecule has 0 radical (unpaired) electrons. The van der Waals surface area contributed by atoms with Crippen molar-refractivity contribution in [2.24, 2.45) is 0 Å². The topological polar surface area (TPSA) is 63.4 Å². The lowest BCUT2D eigenvalue weighted by Gasteiger charge is -2.17. The predicted octanol–water partition coefficient (Wildman–Crippen LogP) is 1.85. The van der Waals surface area contributed by atoms with Crippen LogP contribution in [0.25, 0.3) is 0 Å². The van der Waals surface area contributed by atoms with Crippen molar-refractivity contribution in [3.63, 3.8) is 0 Å². The van der Waals surface area contributed by atoms with Gasteiger partial charge in [0.2, 0.25) is 0 Å². The first kappa shape index (κ1) is 10.7. The summed E-state index contributed by atoms with van der Waals surface area (Å²) >= 11 is 0. The zero-order chi connectivity index (χ0) is 10.9. The van der Waals surface area contributed by atoms with Crippen molar-refractivity contribution in [2.75, 3.05) is 0 Å². The number of phenolic OH excluding ortho intramolecular Hbond substituents is 1. The summed E-state index contributed by atoms with van der Waals surface area (Å²) in [5.41, 5.74) is -0.204. The maximum Gasteiger partial charge on any atom is 0.310 e. The van der Waals surface area contributed by atoms with E-state index >= 15 is 0 Å². The molecule has 5 heteroatoms. The zero-order valence-corrected chi connectivity index (χ0v) is 9.44. The highest BCUT2D eigenvalue weighted by molar-refractivity contribution is 6.89. The van der Waals surface area contributed by atoms with Gasteiger partial charge in [-0.3, -0.25) is 10.1 Å². The van der Waals surface area contributed by atoms with Crippen molar-refractivity contribution in [1.29, 1.82) is 0 Å². The second kappa shape index (κ2) is 3.41. The average molecular weight is 211 g/mol. The second-order valence-electron chi connectivity index (χ2n) is 4.18. The Balaban J connectivity index is 3.35. The van der Waals surface area contributed by atoms with Gasteiger partial charge in [-0.2, -0.15) is 0 Å². The SMILES string of the molecule is C[Si](C)(C)c1cccc([N+](=O)[O-])c1O. The summed E-state index contributed by atoms with van der Waals surface area (Å²) in [6.45, 7) is 6.10. The molecule has 0 aliphatic carbocycles. The molecule has 0 aromatic heterocycles. The molecule has 1 aromatic rings. The van der Waals surface area contributed by atoms with Crippen LogP contribution in [0.3, 0.4) is 0 Å². The highest BCUT2D eigenvalue weighted by atomic mass is 28.3. The molecule has 0 atom stereocenters. The summed E-state index contributed by atoms with van der Waals surface area (Å²) in [6, 6.07) is 4.69. The highest BCUT2D eigenvalue weighted by Crippen LogP contribution is 2.25. The van der Waals surface area contributed by atoms with Gasteiger partial charge in [0.25, 0.3) is 0 Å². The van der Waals surface area contributed by atoms with Crippen LogP contribution < -0.4 is 5.19 Å². The van der Waals surface area contributed by atoms with Crippen LogP contribution in [0, 0.1) is 10.1 Å². The third-order valence-electron chi connectivity index (χ3n) is 2.02. The summed E-state index contributed by atoms with van der Waals surface area (Å²) in [5, 5.41) is 21.0. The molecule has 0 aliphatic heterocycles. The maximum absolute atomic E-state index is 10.6. The van der Waals surface area contributed by atoms with E-state index in [1.807, 2.05) is 19.6 Å². The van der Waals surface area contributed by atoms with Crippen molar-refractivity contribution in [2.45, 2.75) is 19.6 Å². The van der Waals surface area contributed by atoms with E-state index in [0.717, 1.165) is 5.19 Å². The van der Waals surface area contributed by atoms with E-state index in [9.17, 15) is 15.2 Å². The molecule has 1 N–H and O–H groups in total. The molecule has 0 spiro atoms. The normalized spacial score (nSPS) is 11.4. The predicted molar refractivity (Wildman–Crippen MR) is 57.7 cm³/mol. The number of hydrogen-bond donors (Lipinski definition) is 1. The molecule has 4 nitrogen and oxygen atoms in total. The van der Waals surface area contributed by atoms with Gasteiger partial charge < -0.3 is 5.11 Å². The molecule has 0 saturated carbocycles. The lowest BCUT2D eigenvalue weighted by Crippen LogP contribution is -2.37. The largest absolute Gasteiger partial charge is 0.502 e. The summed E-state index contributed by atoms with van der Waals surface area (Å²) in [4.78, 5) is 10.0. The molecule has 0 unspecified atom stereocenters. The Labute approximate surface area is 83.4 Å². The van der Waals surface area contributed by atoms with Gasteiger partial charge in [-0.25, -0.2) is 0 Å². The molecule has 0 heterocycles. The molecular formula is C9H13NO3Si. The van der Waals surface area contributed by atoms with Crippen molar-refractivity contribution in [3.05, 3.63) is 28.3 Å². The van der Waals surface area contributed by atoms with Gasteiger partial charge in [-0.15, -0.1) is 0 Å². The van der Waals surface area contributed by atoms with Crippen LogP contribution in [-0.4, -0.2) is 18.1 Å². The van der Waals surface area contributed by atoms with E-state index < -0.39 is 13.0 Å². The van der Waals surface area contributed by atoms with E-state index in [1.165, 1.54) is 6.07 Å². The van der Waals surface area contributed by atoms with Crippen molar-refractivity contribution in [1.82, 2.24) is 0 Å². The van der Waals surface area contributed by atoms with Crippen LogP contribution in [0.5, 0.6) is 5.75 Å². The summed E-state index contributed by atoms with van der Waals surface area (Å²) in [6.07, 6.45) is 0. The summed E-state index contributed by atoms with van der Waals surface area (Å²) in [5.74, 6) is -0.170. The molecular weight excluding hydrogens is 198 g/mol. The third kappa shape index (κ3) is 1.93. The van der Waals surface area contributed by atoms with E-state index in [4.69, 9.17) is 0 Å². The highest BCUT2D eigenvalue weighted by Gasteiger charge is 2.25. The van der Waals surface area contributed by atoms with Gasteiger partial charge in [0.15, 0.2) is 5.75 Å². The number of hydrogen-bond acceptors (Lipinski definition) is 3. The molecule has 1 rings (SSSR count). The average Bonchev–Trinajstić information content (AvgIpc) is 2.01. The molecule has 0 saturated heterocycles. The first-order chi connectivity index (χ1) is 6.34. The van der Waals surface area contributed by atoms with Crippen molar-refractivity contribution in [3.8, 4) is 5.75 Å². The molecule has 1 aromatic carbocycles. The quantitative estimate of drug-likeness (QED) is 0.461. The number of aromatic hydroxyl groups is 1. The summed E-state index contributed by atoms with van der Waals surface area (Å²) < 4.78 is 0.